The van der Waals surface area contributed by atoms with Crippen LogP contribution < -0.4 is 15.2 Å². The number of hydrogen-bond donors (Lipinski definition) is 2. The SMILES string of the molecule is CCCn1c(CCC(=O)Nc2nc3ccc(OCC)cc3s2)nc2cc(S(N)(=O)=O)ccc21. The van der Waals surface area contributed by atoms with Crippen LogP contribution in [0.15, 0.2) is 41.3 Å². The summed E-state index contributed by atoms with van der Waals surface area (Å²) in [5, 5.41) is 8.64. The topological polar surface area (TPSA) is 129 Å². The minimum atomic E-state index is -3.81. The van der Waals surface area contributed by atoms with Crippen molar-refractivity contribution >= 4 is 53.6 Å². The predicted octanol–water partition coefficient (Wildman–Crippen LogP) is 3.67. The Balaban J connectivity index is 1.49. The Labute approximate surface area is 195 Å². The average Bonchev–Trinajstić information content (AvgIpc) is 3.32. The minimum absolute atomic E-state index is 0.0174. The molecule has 0 aliphatic heterocycles. The first kappa shape index (κ1) is 23.1. The lowest BCUT2D eigenvalue weighted by Gasteiger charge is -2.08. The van der Waals surface area contributed by atoms with E-state index < -0.39 is 10.0 Å². The number of nitrogens with two attached hydrogens (primary N) is 1. The van der Waals surface area contributed by atoms with E-state index in [0.29, 0.717) is 30.2 Å². The lowest BCUT2D eigenvalue weighted by molar-refractivity contribution is -0.116. The normalized spacial score (nSPS) is 11.8. The molecular formula is C22H25N5O4S2. The summed E-state index contributed by atoms with van der Waals surface area (Å²) in [5.74, 6) is 1.32. The highest BCUT2D eigenvalue weighted by molar-refractivity contribution is 7.89. The molecule has 0 fully saturated rings. The molecule has 174 valence electrons. The van der Waals surface area contributed by atoms with Gasteiger partial charge >= 0.3 is 0 Å². The molecule has 0 radical (unpaired) electrons. The highest BCUT2D eigenvalue weighted by Crippen LogP contribution is 2.29. The van der Waals surface area contributed by atoms with Crippen LogP contribution in [0.25, 0.3) is 21.3 Å². The maximum absolute atomic E-state index is 12.6. The van der Waals surface area contributed by atoms with Crippen LogP contribution in [0.1, 0.15) is 32.5 Å². The van der Waals surface area contributed by atoms with Crippen molar-refractivity contribution in [1.29, 1.82) is 0 Å². The Morgan fingerprint density at radius 1 is 1.15 bits per heavy atom. The number of carbonyl (C=O) groups is 1. The molecule has 4 rings (SSSR count). The molecule has 1 amide bonds. The fourth-order valence-corrected chi connectivity index (χ4v) is 5.07. The molecule has 2 heterocycles. The summed E-state index contributed by atoms with van der Waals surface area (Å²) in [5.41, 5.74) is 2.16. The lowest BCUT2D eigenvalue weighted by atomic mass is 10.2. The van der Waals surface area contributed by atoms with Gasteiger partial charge in [-0.2, -0.15) is 0 Å². The monoisotopic (exact) mass is 487 g/mol. The molecule has 3 N–H and O–H groups in total. The first-order chi connectivity index (χ1) is 15.8. The molecule has 11 heteroatoms. The van der Waals surface area contributed by atoms with Crippen molar-refractivity contribution in [2.45, 2.75) is 44.6 Å². The van der Waals surface area contributed by atoms with Gasteiger partial charge in [0.05, 0.1) is 32.8 Å². The first-order valence-electron chi connectivity index (χ1n) is 10.6. The van der Waals surface area contributed by atoms with Crippen molar-refractivity contribution in [3.8, 4) is 5.75 Å². The molecule has 2 aromatic heterocycles. The van der Waals surface area contributed by atoms with E-state index >= 15 is 0 Å². The van der Waals surface area contributed by atoms with Crippen molar-refractivity contribution in [2.24, 2.45) is 5.14 Å². The van der Waals surface area contributed by atoms with E-state index in [1.807, 2.05) is 36.6 Å². The molecule has 33 heavy (non-hydrogen) atoms. The highest BCUT2D eigenvalue weighted by atomic mass is 32.2. The third-order valence-electron chi connectivity index (χ3n) is 5.07. The molecule has 2 aromatic carbocycles. The predicted molar refractivity (Wildman–Crippen MR) is 129 cm³/mol. The van der Waals surface area contributed by atoms with Crippen molar-refractivity contribution < 1.29 is 17.9 Å². The number of rotatable bonds is 9. The summed E-state index contributed by atoms with van der Waals surface area (Å²) >= 11 is 1.39. The number of fused-ring (bicyclic) bond motifs is 2. The summed E-state index contributed by atoms with van der Waals surface area (Å²) in [6.45, 7) is 5.27. The second-order valence-electron chi connectivity index (χ2n) is 7.50. The molecule has 0 spiro atoms. The highest BCUT2D eigenvalue weighted by Gasteiger charge is 2.16. The van der Waals surface area contributed by atoms with E-state index in [1.54, 1.807) is 6.07 Å². The van der Waals surface area contributed by atoms with E-state index in [4.69, 9.17) is 9.88 Å². The Kier molecular flexibility index (Phi) is 6.63. The minimum Gasteiger partial charge on any atom is -0.494 e. The van der Waals surface area contributed by atoms with Gasteiger partial charge in [0.15, 0.2) is 5.13 Å². The summed E-state index contributed by atoms with van der Waals surface area (Å²) in [6.07, 6.45) is 1.50. The van der Waals surface area contributed by atoms with Gasteiger partial charge in [0.1, 0.15) is 11.6 Å². The molecule has 0 saturated carbocycles. The molecule has 4 aromatic rings. The van der Waals surface area contributed by atoms with Crippen LogP contribution >= 0.6 is 11.3 Å². The smallest absolute Gasteiger partial charge is 0.238 e. The largest absolute Gasteiger partial charge is 0.494 e. The Morgan fingerprint density at radius 3 is 2.70 bits per heavy atom. The Hall–Kier alpha value is -3.02. The number of sulfonamides is 1. The van der Waals surface area contributed by atoms with Crippen molar-refractivity contribution in [3.63, 3.8) is 0 Å². The number of ether oxygens (including phenoxy) is 1. The number of thiazole rings is 1. The second-order valence-corrected chi connectivity index (χ2v) is 10.1. The van der Waals surface area contributed by atoms with Gasteiger partial charge in [-0.3, -0.25) is 4.79 Å². The van der Waals surface area contributed by atoms with Gasteiger partial charge in [0.2, 0.25) is 15.9 Å². The molecule has 0 bridgehead atoms. The van der Waals surface area contributed by atoms with Gasteiger partial charge in [-0.15, -0.1) is 0 Å². The van der Waals surface area contributed by atoms with Gasteiger partial charge in [0.25, 0.3) is 0 Å². The van der Waals surface area contributed by atoms with Crippen molar-refractivity contribution in [2.75, 3.05) is 11.9 Å². The first-order valence-corrected chi connectivity index (χ1v) is 13.0. The second kappa shape index (κ2) is 9.46. The molecule has 9 nitrogen and oxygen atoms in total. The van der Waals surface area contributed by atoms with E-state index in [1.165, 1.54) is 23.5 Å². The summed E-state index contributed by atoms with van der Waals surface area (Å²) in [6, 6.07) is 10.3. The van der Waals surface area contributed by atoms with Crippen LogP contribution in [0, 0.1) is 0 Å². The standard InChI is InChI=1S/C22H25N5O4S2/c1-3-11-27-18-8-6-15(33(23,29)30)13-17(18)24-20(27)9-10-21(28)26-22-25-16-7-5-14(31-4-2)12-19(16)32-22/h5-8,12-13H,3-4,9-11H2,1-2H3,(H2,23,29,30)(H,25,26,28). The van der Waals surface area contributed by atoms with Crippen LogP contribution in [0.3, 0.4) is 0 Å². The van der Waals surface area contributed by atoms with Crippen LogP contribution in [0.5, 0.6) is 5.75 Å². The van der Waals surface area contributed by atoms with Crippen LogP contribution in [0.2, 0.25) is 0 Å². The zero-order chi connectivity index (χ0) is 23.6. The van der Waals surface area contributed by atoms with Gasteiger partial charge < -0.3 is 14.6 Å². The number of anilines is 1. The number of benzene rings is 2. The van der Waals surface area contributed by atoms with E-state index in [-0.39, 0.29) is 17.2 Å². The lowest BCUT2D eigenvalue weighted by Crippen LogP contribution is -2.14. The molecule has 0 unspecified atom stereocenters. The molecule has 0 saturated heterocycles. The van der Waals surface area contributed by atoms with Crippen molar-refractivity contribution in [3.05, 3.63) is 42.2 Å². The number of carbonyl (C=O) groups excluding carboxylic acids is 1. The van der Waals surface area contributed by atoms with Gasteiger partial charge in [-0.05, 0) is 49.7 Å². The fraction of sp³-hybridized carbons (Fsp3) is 0.318. The zero-order valence-electron chi connectivity index (χ0n) is 18.4. The number of aryl methyl sites for hydroxylation is 2. The third kappa shape index (κ3) is 5.15. The van der Waals surface area contributed by atoms with Crippen LogP contribution in [0.4, 0.5) is 5.13 Å². The number of hydrogen-bond acceptors (Lipinski definition) is 7. The number of nitrogens with zero attached hydrogens (tertiary/aromatic N) is 3. The molecular weight excluding hydrogens is 462 g/mol. The number of amides is 1. The number of primary sulfonamides is 1. The summed E-state index contributed by atoms with van der Waals surface area (Å²) < 4.78 is 31.8. The zero-order valence-corrected chi connectivity index (χ0v) is 20.0. The number of aromatic nitrogens is 3. The van der Waals surface area contributed by atoms with Gasteiger partial charge in [0, 0.05) is 19.4 Å². The van der Waals surface area contributed by atoms with E-state index in [0.717, 1.165) is 33.7 Å². The van der Waals surface area contributed by atoms with Crippen molar-refractivity contribution in [1.82, 2.24) is 14.5 Å². The maximum Gasteiger partial charge on any atom is 0.238 e. The molecule has 0 aliphatic rings. The maximum atomic E-state index is 12.6. The summed E-state index contributed by atoms with van der Waals surface area (Å²) in [7, 11) is -3.81. The van der Waals surface area contributed by atoms with Gasteiger partial charge in [-0.1, -0.05) is 18.3 Å². The van der Waals surface area contributed by atoms with E-state index in [9.17, 15) is 13.2 Å². The number of imidazole rings is 1. The average molecular weight is 488 g/mol. The van der Waals surface area contributed by atoms with Crippen LogP contribution in [-0.2, 0) is 27.8 Å². The molecule has 0 atom stereocenters. The number of nitrogens with one attached hydrogen (secondary N) is 1. The van der Waals surface area contributed by atoms with Crippen LogP contribution in [-0.4, -0.2) is 35.5 Å². The molecule has 0 aliphatic carbocycles. The third-order valence-corrected chi connectivity index (χ3v) is 6.91. The van der Waals surface area contributed by atoms with E-state index in [2.05, 4.69) is 15.3 Å². The quantitative estimate of drug-likeness (QED) is 0.371. The Morgan fingerprint density at radius 2 is 1.97 bits per heavy atom. The Bertz CT molecular complexity index is 1430. The van der Waals surface area contributed by atoms with Gasteiger partial charge in [-0.25, -0.2) is 23.5 Å². The summed E-state index contributed by atoms with van der Waals surface area (Å²) in [4.78, 5) is 21.7. The fourth-order valence-electron chi connectivity index (χ4n) is 3.62.